The van der Waals surface area contributed by atoms with Gasteiger partial charge in [-0.2, -0.15) is 0 Å². The standard InChI is InChI=1S/C8H18N2O/c1-3-7(2,9)8(11)4-5-10-6-8/h10-11H,3-6,9H2,1-2H3. The Kier molecular flexibility index (Phi) is 2.23. The number of β-amino-alcohol motifs (C(OH)–C–C–N with tert-alkyl or cyclic N) is 1. The van der Waals surface area contributed by atoms with Gasteiger partial charge < -0.3 is 16.2 Å². The van der Waals surface area contributed by atoms with Crippen molar-refractivity contribution in [3.8, 4) is 0 Å². The van der Waals surface area contributed by atoms with Crippen molar-refractivity contribution < 1.29 is 5.11 Å². The predicted molar refractivity (Wildman–Crippen MR) is 45.3 cm³/mol. The van der Waals surface area contributed by atoms with Crippen LogP contribution >= 0.6 is 0 Å². The van der Waals surface area contributed by atoms with Crippen LogP contribution in [0.15, 0.2) is 0 Å². The lowest BCUT2D eigenvalue weighted by Crippen LogP contribution is -2.59. The lowest BCUT2D eigenvalue weighted by molar-refractivity contribution is -0.0120. The summed E-state index contributed by atoms with van der Waals surface area (Å²) in [4.78, 5) is 0. The molecule has 66 valence electrons. The van der Waals surface area contributed by atoms with Crippen molar-refractivity contribution in [3.63, 3.8) is 0 Å². The molecule has 1 rings (SSSR count). The monoisotopic (exact) mass is 158 g/mol. The number of hydrogen-bond donors (Lipinski definition) is 3. The first kappa shape index (κ1) is 8.97. The molecule has 0 spiro atoms. The predicted octanol–water partition coefficient (Wildman–Crippen LogP) is -0.162. The van der Waals surface area contributed by atoms with Crippen molar-refractivity contribution in [1.29, 1.82) is 0 Å². The SMILES string of the molecule is CCC(C)(N)C1(O)CCNC1. The first-order valence-electron chi connectivity index (χ1n) is 4.24. The van der Waals surface area contributed by atoms with Crippen molar-refractivity contribution in [2.75, 3.05) is 13.1 Å². The molecule has 0 aliphatic carbocycles. The lowest BCUT2D eigenvalue weighted by Gasteiger charge is -2.38. The molecule has 3 nitrogen and oxygen atoms in total. The van der Waals surface area contributed by atoms with Crippen LogP contribution in [0, 0.1) is 0 Å². The van der Waals surface area contributed by atoms with Gasteiger partial charge in [0.25, 0.3) is 0 Å². The summed E-state index contributed by atoms with van der Waals surface area (Å²) in [6.45, 7) is 5.44. The van der Waals surface area contributed by atoms with E-state index in [4.69, 9.17) is 5.73 Å². The summed E-state index contributed by atoms with van der Waals surface area (Å²) in [6, 6.07) is 0. The van der Waals surface area contributed by atoms with Gasteiger partial charge in [-0.05, 0) is 26.3 Å². The van der Waals surface area contributed by atoms with Crippen LogP contribution in [0.1, 0.15) is 26.7 Å². The average molecular weight is 158 g/mol. The van der Waals surface area contributed by atoms with E-state index in [0.717, 1.165) is 19.4 Å². The minimum Gasteiger partial charge on any atom is -0.387 e. The summed E-state index contributed by atoms with van der Waals surface area (Å²) in [7, 11) is 0. The van der Waals surface area contributed by atoms with Crippen molar-refractivity contribution in [2.24, 2.45) is 5.73 Å². The Morgan fingerprint density at radius 3 is 2.73 bits per heavy atom. The molecule has 2 unspecified atom stereocenters. The molecule has 1 heterocycles. The number of rotatable bonds is 2. The van der Waals surface area contributed by atoms with Crippen LogP contribution in [0.3, 0.4) is 0 Å². The normalized spacial score (nSPS) is 37.1. The van der Waals surface area contributed by atoms with E-state index in [9.17, 15) is 5.11 Å². The zero-order valence-corrected chi connectivity index (χ0v) is 7.35. The molecule has 0 saturated carbocycles. The van der Waals surface area contributed by atoms with Crippen molar-refractivity contribution in [3.05, 3.63) is 0 Å². The van der Waals surface area contributed by atoms with E-state index in [1.54, 1.807) is 0 Å². The Morgan fingerprint density at radius 1 is 1.73 bits per heavy atom. The topological polar surface area (TPSA) is 58.3 Å². The lowest BCUT2D eigenvalue weighted by atomic mass is 9.79. The summed E-state index contributed by atoms with van der Waals surface area (Å²) >= 11 is 0. The van der Waals surface area contributed by atoms with Crippen LogP contribution in [0.5, 0.6) is 0 Å². The summed E-state index contributed by atoms with van der Waals surface area (Å²) in [5.74, 6) is 0. The quantitative estimate of drug-likeness (QED) is 0.523. The molecule has 0 amide bonds. The van der Waals surface area contributed by atoms with Gasteiger partial charge >= 0.3 is 0 Å². The smallest absolute Gasteiger partial charge is 0.0959 e. The molecule has 0 aromatic heterocycles. The van der Waals surface area contributed by atoms with Gasteiger partial charge in [-0.25, -0.2) is 0 Å². The van der Waals surface area contributed by atoms with E-state index in [2.05, 4.69) is 5.32 Å². The number of hydrogen-bond acceptors (Lipinski definition) is 3. The maximum Gasteiger partial charge on any atom is 0.0959 e. The van der Waals surface area contributed by atoms with Gasteiger partial charge in [0, 0.05) is 12.1 Å². The van der Waals surface area contributed by atoms with E-state index in [1.165, 1.54) is 0 Å². The van der Waals surface area contributed by atoms with Gasteiger partial charge in [-0.1, -0.05) is 6.92 Å². The van der Waals surface area contributed by atoms with Crippen LogP contribution < -0.4 is 11.1 Å². The second kappa shape index (κ2) is 2.73. The van der Waals surface area contributed by atoms with Gasteiger partial charge in [0.2, 0.25) is 0 Å². The van der Waals surface area contributed by atoms with Crippen LogP contribution in [0.2, 0.25) is 0 Å². The fraction of sp³-hybridized carbons (Fsp3) is 1.00. The summed E-state index contributed by atoms with van der Waals surface area (Å²) < 4.78 is 0. The zero-order chi connectivity index (χ0) is 8.54. The van der Waals surface area contributed by atoms with Crippen LogP contribution in [-0.4, -0.2) is 29.3 Å². The van der Waals surface area contributed by atoms with Gasteiger partial charge in [0.05, 0.1) is 5.60 Å². The fourth-order valence-electron chi connectivity index (χ4n) is 1.50. The summed E-state index contributed by atoms with van der Waals surface area (Å²) in [6.07, 6.45) is 1.58. The van der Waals surface area contributed by atoms with Gasteiger partial charge in [0.1, 0.15) is 0 Å². The Hall–Kier alpha value is -0.120. The molecule has 1 aliphatic rings. The Labute approximate surface area is 68.0 Å². The molecule has 11 heavy (non-hydrogen) atoms. The van der Waals surface area contributed by atoms with Crippen molar-refractivity contribution in [2.45, 2.75) is 37.8 Å². The van der Waals surface area contributed by atoms with Gasteiger partial charge in [-0.3, -0.25) is 0 Å². The minimum absolute atomic E-state index is 0.448. The maximum atomic E-state index is 10.0. The van der Waals surface area contributed by atoms with E-state index < -0.39 is 11.1 Å². The van der Waals surface area contributed by atoms with Crippen molar-refractivity contribution >= 4 is 0 Å². The largest absolute Gasteiger partial charge is 0.387 e. The van der Waals surface area contributed by atoms with Crippen LogP contribution in [-0.2, 0) is 0 Å². The van der Waals surface area contributed by atoms with E-state index >= 15 is 0 Å². The third-order valence-electron chi connectivity index (χ3n) is 2.93. The number of aliphatic hydroxyl groups is 1. The van der Waals surface area contributed by atoms with E-state index in [1.807, 2.05) is 13.8 Å². The minimum atomic E-state index is -0.693. The molecule has 1 fully saturated rings. The molecular weight excluding hydrogens is 140 g/mol. The highest BCUT2D eigenvalue weighted by molar-refractivity contribution is 5.04. The van der Waals surface area contributed by atoms with Gasteiger partial charge in [0.15, 0.2) is 0 Å². The fourth-order valence-corrected chi connectivity index (χ4v) is 1.50. The third-order valence-corrected chi connectivity index (χ3v) is 2.93. The second-order valence-electron chi connectivity index (χ2n) is 3.73. The third kappa shape index (κ3) is 1.41. The Bertz CT molecular complexity index is 139. The Morgan fingerprint density at radius 2 is 2.36 bits per heavy atom. The maximum absolute atomic E-state index is 10.0. The molecule has 0 aromatic carbocycles. The summed E-state index contributed by atoms with van der Waals surface area (Å²) in [5.41, 5.74) is 4.82. The summed E-state index contributed by atoms with van der Waals surface area (Å²) in [5, 5.41) is 13.2. The first-order valence-corrected chi connectivity index (χ1v) is 4.24. The molecular formula is C8H18N2O. The van der Waals surface area contributed by atoms with E-state index in [-0.39, 0.29) is 0 Å². The van der Waals surface area contributed by atoms with E-state index in [0.29, 0.717) is 6.54 Å². The molecule has 0 bridgehead atoms. The second-order valence-corrected chi connectivity index (χ2v) is 3.73. The highest BCUT2D eigenvalue weighted by Gasteiger charge is 2.44. The van der Waals surface area contributed by atoms with Crippen LogP contribution in [0.25, 0.3) is 0 Å². The average Bonchev–Trinajstić information content (AvgIpc) is 2.38. The molecule has 3 heteroatoms. The highest BCUT2D eigenvalue weighted by Crippen LogP contribution is 2.28. The molecule has 1 aliphatic heterocycles. The molecule has 2 atom stereocenters. The molecule has 4 N–H and O–H groups in total. The number of nitrogens with one attached hydrogen (secondary N) is 1. The highest BCUT2D eigenvalue weighted by atomic mass is 16.3. The first-order chi connectivity index (χ1) is 5.02. The zero-order valence-electron chi connectivity index (χ0n) is 7.35. The molecule has 1 saturated heterocycles. The van der Waals surface area contributed by atoms with Crippen LogP contribution in [0.4, 0.5) is 0 Å². The molecule has 0 radical (unpaired) electrons. The van der Waals surface area contributed by atoms with Gasteiger partial charge in [-0.15, -0.1) is 0 Å². The van der Waals surface area contributed by atoms with Crippen molar-refractivity contribution in [1.82, 2.24) is 5.32 Å². The Balaban J connectivity index is 2.69. The number of nitrogens with two attached hydrogens (primary N) is 1. The molecule has 0 aromatic rings.